The van der Waals surface area contributed by atoms with Crippen molar-refractivity contribution in [3.63, 3.8) is 0 Å². The lowest BCUT2D eigenvalue weighted by molar-refractivity contribution is -0.133. The minimum Gasteiger partial charge on any atom is -0.344 e. The average molecular weight is 359 g/mol. The summed E-state index contributed by atoms with van der Waals surface area (Å²) in [5.74, 6) is -0.966. The van der Waals surface area contributed by atoms with Gasteiger partial charge in [-0.15, -0.1) is 0 Å². The first-order valence-corrected chi connectivity index (χ1v) is 9.35. The second kappa shape index (κ2) is 9.36. The smallest absolute Gasteiger partial charge is 0.269 e. The van der Waals surface area contributed by atoms with Gasteiger partial charge in [0.25, 0.3) is 11.8 Å². The van der Waals surface area contributed by atoms with Gasteiger partial charge in [0.1, 0.15) is 6.04 Å². The lowest BCUT2D eigenvalue weighted by atomic mass is 9.88. The van der Waals surface area contributed by atoms with Crippen LogP contribution in [0.1, 0.15) is 61.9 Å². The Labute approximate surface area is 155 Å². The maximum Gasteiger partial charge on any atom is 0.269 e. The molecule has 1 aromatic rings. The molecule has 1 aromatic carbocycles. The molecule has 26 heavy (non-hydrogen) atoms. The highest BCUT2D eigenvalue weighted by molar-refractivity contribution is 5.96. The Kier molecular flexibility index (Phi) is 7.18. The van der Waals surface area contributed by atoms with E-state index in [9.17, 15) is 14.4 Å². The van der Waals surface area contributed by atoms with Crippen molar-refractivity contribution >= 4 is 17.7 Å². The second-order valence-electron chi connectivity index (χ2n) is 7.37. The van der Waals surface area contributed by atoms with Crippen LogP contribution in [0.3, 0.4) is 0 Å². The Morgan fingerprint density at radius 3 is 2.15 bits per heavy atom. The van der Waals surface area contributed by atoms with Gasteiger partial charge >= 0.3 is 0 Å². The fourth-order valence-electron chi connectivity index (χ4n) is 3.14. The monoisotopic (exact) mass is 359 g/mol. The topological polar surface area (TPSA) is 87.3 Å². The number of hydrazine groups is 1. The molecule has 3 N–H and O–H groups in total. The van der Waals surface area contributed by atoms with Crippen molar-refractivity contribution in [2.75, 3.05) is 0 Å². The molecule has 0 heterocycles. The largest absolute Gasteiger partial charge is 0.344 e. The van der Waals surface area contributed by atoms with E-state index in [1.165, 1.54) is 6.42 Å². The predicted octanol–water partition coefficient (Wildman–Crippen LogP) is 2.48. The Bertz CT molecular complexity index is 634. The molecule has 0 bridgehead atoms. The molecule has 2 rings (SSSR count). The lowest BCUT2D eigenvalue weighted by Gasteiger charge is -2.26. The van der Waals surface area contributed by atoms with E-state index in [0.29, 0.717) is 5.56 Å². The molecule has 0 saturated heterocycles. The molecule has 142 valence electrons. The van der Waals surface area contributed by atoms with Crippen molar-refractivity contribution in [1.82, 2.24) is 16.2 Å². The molecule has 0 unspecified atom stereocenters. The van der Waals surface area contributed by atoms with Gasteiger partial charge in [0, 0.05) is 11.5 Å². The summed E-state index contributed by atoms with van der Waals surface area (Å²) in [5.41, 5.74) is 6.36. The van der Waals surface area contributed by atoms with E-state index in [-0.39, 0.29) is 23.7 Å². The average Bonchev–Trinajstić information content (AvgIpc) is 2.64. The van der Waals surface area contributed by atoms with Gasteiger partial charge in [0.2, 0.25) is 5.91 Å². The van der Waals surface area contributed by atoms with Crippen molar-refractivity contribution in [1.29, 1.82) is 0 Å². The minimum atomic E-state index is -0.678. The second-order valence-corrected chi connectivity index (χ2v) is 7.37. The van der Waals surface area contributed by atoms with E-state index in [1.807, 2.05) is 32.9 Å². The van der Waals surface area contributed by atoms with Crippen LogP contribution < -0.4 is 16.2 Å². The first kappa shape index (κ1) is 19.9. The summed E-state index contributed by atoms with van der Waals surface area (Å²) in [5, 5.41) is 2.85. The maximum absolute atomic E-state index is 12.5. The van der Waals surface area contributed by atoms with Crippen LogP contribution in [0.25, 0.3) is 0 Å². The maximum atomic E-state index is 12.5. The van der Waals surface area contributed by atoms with Crippen LogP contribution in [0.4, 0.5) is 0 Å². The standard InChI is InChI=1S/C20H29N3O3/c1-13(2)17(21-18(24)15-7-5-4-6-8-15)20(26)23-22-19(25)16-11-9-14(3)10-12-16/h9-13,15,17H,4-8H2,1-3H3,(H,21,24)(H,22,25)(H,23,26)/t17-/m0/s1. The minimum absolute atomic E-state index is 0.0139. The van der Waals surface area contributed by atoms with Gasteiger partial charge in [-0.3, -0.25) is 25.2 Å². The van der Waals surface area contributed by atoms with Crippen molar-refractivity contribution in [3.05, 3.63) is 35.4 Å². The van der Waals surface area contributed by atoms with Gasteiger partial charge in [-0.1, -0.05) is 50.8 Å². The van der Waals surface area contributed by atoms with E-state index in [0.717, 1.165) is 31.2 Å². The number of hydrogen-bond acceptors (Lipinski definition) is 3. The van der Waals surface area contributed by atoms with Crippen molar-refractivity contribution in [2.24, 2.45) is 11.8 Å². The van der Waals surface area contributed by atoms with Gasteiger partial charge in [-0.25, -0.2) is 0 Å². The van der Waals surface area contributed by atoms with Gasteiger partial charge in [0.05, 0.1) is 0 Å². The van der Waals surface area contributed by atoms with Crippen LogP contribution in [0.2, 0.25) is 0 Å². The molecule has 3 amide bonds. The molecule has 1 saturated carbocycles. The summed E-state index contributed by atoms with van der Waals surface area (Å²) in [4.78, 5) is 37.0. The number of benzene rings is 1. The Balaban J connectivity index is 1.89. The zero-order valence-corrected chi connectivity index (χ0v) is 15.8. The first-order chi connectivity index (χ1) is 12.4. The van der Waals surface area contributed by atoms with Crippen molar-refractivity contribution in [3.8, 4) is 0 Å². The summed E-state index contributed by atoms with van der Waals surface area (Å²) >= 11 is 0. The molecule has 1 atom stereocenters. The molecule has 0 aromatic heterocycles. The molecule has 6 heteroatoms. The Morgan fingerprint density at radius 2 is 1.58 bits per heavy atom. The van der Waals surface area contributed by atoms with Crippen molar-refractivity contribution < 1.29 is 14.4 Å². The summed E-state index contributed by atoms with van der Waals surface area (Å²) in [6.45, 7) is 5.67. The SMILES string of the molecule is Cc1ccc(C(=O)NNC(=O)[C@@H](NC(=O)C2CCCCC2)C(C)C)cc1. The van der Waals surface area contributed by atoms with Crippen LogP contribution in [0, 0.1) is 18.8 Å². The number of rotatable bonds is 5. The highest BCUT2D eigenvalue weighted by atomic mass is 16.2. The molecule has 1 aliphatic carbocycles. The number of aryl methyl sites for hydroxylation is 1. The van der Waals surface area contributed by atoms with Crippen molar-refractivity contribution in [2.45, 2.75) is 58.9 Å². The molecule has 1 aliphatic rings. The molecular formula is C20H29N3O3. The molecule has 0 aliphatic heterocycles. The lowest BCUT2D eigenvalue weighted by Crippen LogP contribution is -2.55. The summed E-state index contributed by atoms with van der Waals surface area (Å²) in [6.07, 6.45) is 5.04. The van der Waals surface area contributed by atoms with Crippen LogP contribution in [-0.4, -0.2) is 23.8 Å². The van der Waals surface area contributed by atoms with Gasteiger partial charge in [-0.2, -0.15) is 0 Å². The summed E-state index contributed by atoms with van der Waals surface area (Å²) < 4.78 is 0. The highest BCUT2D eigenvalue weighted by Crippen LogP contribution is 2.24. The number of carbonyl (C=O) groups is 3. The van der Waals surface area contributed by atoms with E-state index in [2.05, 4.69) is 16.2 Å². The van der Waals surface area contributed by atoms with E-state index < -0.39 is 11.9 Å². The quantitative estimate of drug-likeness (QED) is 0.706. The number of hydrogen-bond donors (Lipinski definition) is 3. The van der Waals surface area contributed by atoms with Crippen LogP contribution in [0.5, 0.6) is 0 Å². The van der Waals surface area contributed by atoms with Crippen LogP contribution >= 0.6 is 0 Å². The Morgan fingerprint density at radius 1 is 0.962 bits per heavy atom. The third kappa shape index (κ3) is 5.58. The van der Waals surface area contributed by atoms with E-state index >= 15 is 0 Å². The molecular weight excluding hydrogens is 330 g/mol. The van der Waals surface area contributed by atoms with Crippen LogP contribution in [0.15, 0.2) is 24.3 Å². The highest BCUT2D eigenvalue weighted by Gasteiger charge is 2.28. The predicted molar refractivity (Wildman–Crippen MR) is 100 cm³/mol. The third-order valence-corrected chi connectivity index (χ3v) is 4.84. The fourth-order valence-corrected chi connectivity index (χ4v) is 3.14. The van der Waals surface area contributed by atoms with Gasteiger partial charge < -0.3 is 5.32 Å². The fraction of sp³-hybridized carbons (Fsp3) is 0.550. The number of amides is 3. The number of carbonyl (C=O) groups excluding carboxylic acids is 3. The zero-order chi connectivity index (χ0) is 19.1. The molecule has 6 nitrogen and oxygen atoms in total. The first-order valence-electron chi connectivity index (χ1n) is 9.35. The van der Waals surface area contributed by atoms with E-state index in [4.69, 9.17) is 0 Å². The Hall–Kier alpha value is -2.37. The molecule has 0 spiro atoms. The summed E-state index contributed by atoms with van der Waals surface area (Å²) in [7, 11) is 0. The van der Waals surface area contributed by atoms with E-state index in [1.54, 1.807) is 12.1 Å². The number of nitrogens with one attached hydrogen (secondary N) is 3. The third-order valence-electron chi connectivity index (χ3n) is 4.84. The molecule has 0 radical (unpaired) electrons. The molecule has 1 fully saturated rings. The summed E-state index contributed by atoms with van der Waals surface area (Å²) in [6, 6.07) is 6.38. The zero-order valence-electron chi connectivity index (χ0n) is 15.8. The van der Waals surface area contributed by atoms with Gasteiger partial charge in [0.15, 0.2) is 0 Å². The van der Waals surface area contributed by atoms with Crippen LogP contribution in [-0.2, 0) is 9.59 Å². The van der Waals surface area contributed by atoms with Gasteiger partial charge in [-0.05, 0) is 37.8 Å². The normalized spacial score (nSPS) is 16.0.